The monoisotopic (exact) mass is 402 g/mol. The van der Waals surface area contributed by atoms with Crippen LogP contribution in [0.4, 0.5) is 8.78 Å². The number of rotatable bonds is 6. The normalized spacial score (nSPS) is 17.8. The van der Waals surface area contributed by atoms with Gasteiger partial charge in [0.15, 0.2) is 6.39 Å². The highest BCUT2D eigenvalue weighted by atomic mass is 19.3. The minimum Gasteiger partial charge on any atom is -0.448 e. The SMILES string of the molecule is CC(C)c1ocnc1CN1CCCC1c1nc2ccccc2c(=O)n1CC(F)F. The van der Waals surface area contributed by atoms with Crippen LogP contribution in [0.15, 0.2) is 39.9 Å². The Kier molecular flexibility index (Phi) is 5.45. The number of likely N-dealkylation sites (tertiary alicyclic amines) is 1. The number of nitrogens with zero attached hydrogens (tertiary/aromatic N) is 4. The minimum absolute atomic E-state index is 0.198. The van der Waals surface area contributed by atoms with E-state index in [9.17, 15) is 13.6 Å². The van der Waals surface area contributed by atoms with Gasteiger partial charge in [-0.2, -0.15) is 0 Å². The van der Waals surface area contributed by atoms with Crippen molar-refractivity contribution in [2.24, 2.45) is 0 Å². The molecule has 1 atom stereocenters. The number of para-hydroxylation sites is 1. The summed E-state index contributed by atoms with van der Waals surface area (Å²) in [5, 5.41) is 0.361. The Balaban J connectivity index is 1.75. The van der Waals surface area contributed by atoms with Gasteiger partial charge in [-0.05, 0) is 31.5 Å². The summed E-state index contributed by atoms with van der Waals surface area (Å²) >= 11 is 0. The molecule has 0 spiro atoms. The van der Waals surface area contributed by atoms with Crippen molar-refractivity contribution in [3.8, 4) is 0 Å². The second-order valence-electron chi connectivity index (χ2n) is 7.74. The van der Waals surface area contributed by atoms with Crippen molar-refractivity contribution in [1.29, 1.82) is 0 Å². The van der Waals surface area contributed by atoms with Gasteiger partial charge in [0.2, 0.25) is 0 Å². The molecule has 3 heterocycles. The van der Waals surface area contributed by atoms with Crippen molar-refractivity contribution >= 4 is 10.9 Å². The predicted octanol–water partition coefficient (Wildman–Crippen LogP) is 4.11. The van der Waals surface area contributed by atoms with Gasteiger partial charge in [0.05, 0.1) is 29.2 Å². The van der Waals surface area contributed by atoms with Crippen LogP contribution in [0, 0.1) is 0 Å². The average Bonchev–Trinajstić information content (AvgIpc) is 3.33. The van der Waals surface area contributed by atoms with E-state index in [0.29, 0.717) is 23.3 Å². The molecule has 29 heavy (non-hydrogen) atoms. The van der Waals surface area contributed by atoms with Crippen LogP contribution in [-0.2, 0) is 13.1 Å². The Bertz CT molecular complexity index is 1060. The van der Waals surface area contributed by atoms with Crippen molar-refractivity contribution in [3.63, 3.8) is 0 Å². The fourth-order valence-electron chi connectivity index (χ4n) is 4.12. The molecular weight excluding hydrogens is 378 g/mol. The second-order valence-corrected chi connectivity index (χ2v) is 7.74. The average molecular weight is 402 g/mol. The Morgan fingerprint density at radius 3 is 2.83 bits per heavy atom. The summed E-state index contributed by atoms with van der Waals surface area (Å²) in [6.45, 7) is 4.74. The van der Waals surface area contributed by atoms with Crippen molar-refractivity contribution in [3.05, 3.63) is 58.3 Å². The van der Waals surface area contributed by atoms with E-state index in [1.165, 1.54) is 6.39 Å². The molecule has 1 saturated heterocycles. The van der Waals surface area contributed by atoms with E-state index in [1.54, 1.807) is 24.3 Å². The zero-order valence-corrected chi connectivity index (χ0v) is 16.5. The highest BCUT2D eigenvalue weighted by Gasteiger charge is 2.32. The van der Waals surface area contributed by atoms with Crippen LogP contribution in [0.25, 0.3) is 10.9 Å². The van der Waals surface area contributed by atoms with Crippen LogP contribution >= 0.6 is 0 Å². The molecule has 0 aliphatic carbocycles. The molecule has 1 unspecified atom stereocenters. The fraction of sp³-hybridized carbons (Fsp3) is 0.476. The van der Waals surface area contributed by atoms with Gasteiger partial charge in [-0.25, -0.2) is 18.7 Å². The molecule has 0 amide bonds. The molecule has 3 aromatic rings. The van der Waals surface area contributed by atoms with Crippen LogP contribution in [0.2, 0.25) is 0 Å². The number of benzene rings is 1. The molecule has 4 rings (SSSR count). The quantitative estimate of drug-likeness (QED) is 0.621. The molecule has 2 aromatic heterocycles. The maximum atomic E-state index is 13.3. The maximum absolute atomic E-state index is 13.3. The van der Waals surface area contributed by atoms with E-state index in [-0.39, 0.29) is 12.0 Å². The third kappa shape index (κ3) is 3.81. The smallest absolute Gasteiger partial charge is 0.261 e. The Morgan fingerprint density at radius 1 is 1.28 bits per heavy atom. The Morgan fingerprint density at radius 2 is 2.07 bits per heavy atom. The van der Waals surface area contributed by atoms with Gasteiger partial charge in [-0.15, -0.1) is 0 Å². The predicted molar refractivity (Wildman–Crippen MR) is 105 cm³/mol. The number of hydrogen-bond donors (Lipinski definition) is 0. The summed E-state index contributed by atoms with van der Waals surface area (Å²) in [6, 6.07) is 6.68. The number of fused-ring (bicyclic) bond motifs is 1. The van der Waals surface area contributed by atoms with Crippen molar-refractivity contribution < 1.29 is 13.2 Å². The Hall–Kier alpha value is -2.61. The first kappa shape index (κ1) is 19.7. The molecule has 1 aliphatic heterocycles. The van der Waals surface area contributed by atoms with Crippen molar-refractivity contribution in [2.45, 2.75) is 58.2 Å². The van der Waals surface area contributed by atoms with Gasteiger partial charge in [-0.1, -0.05) is 26.0 Å². The lowest BCUT2D eigenvalue weighted by Gasteiger charge is -2.26. The summed E-state index contributed by atoms with van der Waals surface area (Å²) < 4.78 is 33.3. The van der Waals surface area contributed by atoms with Crippen LogP contribution in [-0.4, -0.2) is 32.4 Å². The summed E-state index contributed by atoms with van der Waals surface area (Å²) in [7, 11) is 0. The van der Waals surface area contributed by atoms with Crippen molar-refractivity contribution in [1.82, 2.24) is 19.4 Å². The lowest BCUT2D eigenvalue weighted by Crippen LogP contribution is -2.33. The summed E-state index contributed by atoms with van der Waals surface area (Å²) in [4.78, 5) is 24.1. The largest absolute Gasteiger partial charge is 0.448 e. The van der Waals surface area contributed by atoms with Gasteiger partial charge in [0.25, 0.3) is 12.0 Å². The third-order valence-corrected chi connectivity index (χ3v) is 5.42. The molecular formula is C21H24F2N4O2. The third-order valence-electron chi connectivity index (χ3n) is 5.42. The van der Waals surface area contributed by atoms with Crippen LogP contribution in [0.1, 0.15) is 55.9 Å². The van der Waals surface area contributed by atoms with E-state index in [2.05, 4.69) is 14.9 Å². The molecule has 1 aromatic carbocycles. The van der Waals surface area contributed by atoms with E-state index in [0.717, 1.165) is 35.4 Å². The number of halogens is 2. The topological polar surface area (TPSA) is 64.2 Å². The minimum atomic E-state index is -2.63. The molecule has 154 valence electrons. The molecule has 1 aliphatic rings. The van der Waals surface area contributed by atoms with Gasteiger partial charge >= 0.3 is 0 Å². The number of oxazole rings is 1. The summed E-state index contributed by atoms with van der Waals surface area (Å²) in [6.07, 6.45) is 0.462. The van der Waals surface area contributed by atoms with Crippen LogP contribution in [0.5, 0.6) is 0 Å². The highest BCUT2D eigenvalue weighted by Crippen LogP contribution is 2.33. The molecule has 1 fully saturated rings. The summed E-state index contributed by atoms with van der Waals surface area (Å²) in [5.41, 5.74) is 0.965. The van der Waals surface area contributed by atoms with Gasteiger partial charge in [0, 0.05) is 12.5 Å². The molecule has 0 bridgehead atoms. The molecule has 0 saturated carbocycles. The highest BCUT2D eigenvalue weighted by molar-refractivity contribution is 5.77. The first-order valence-electron chi connectivity index (χ1n) is 9.89. The zero-order valence-electron chi connectivity index (χ0n) is 16.5. The van der Waals surface area contributed by atoms with E-state index >= 15 is 0 Å². The molecule has 0 N–H and O–H groups in total. The molecule has 8 heteroatoms. The van der Waals surface area contributed by atoms with E-state index < -0.39 is 18.5 Å². The van der Waals surface area contributed by atoms with Crippen LogP contribution in [0.3, 0.4) is 0 Å². The van der Waals surface area contributed by atoms with Crippen molar-refractivity contribution in [2.75, 3.05) is 6.54 Å². The Labute approximate surface area is 167 Å². The number of aromatic nitrogens is 3. The second kappa shape index (κ2) is 8.02. The van der Waals surface area contributed by atoms with Crippen LogP contribution < -0.4 is 5.56 Å². The van der Waals surface area contributed by atoms with E-state index in [1.807, 2.05) is 13.8 Å². The maximum Gasteiger partial charge on any atom is 0.261 e. The molecule has 0 radical (unpaired) electrons. The first-order valence-corrected chi connectivity index (χ1v) is 9.89. The zero-order chi connectivity index (χ0) is 20.5. The van der Waals surface area contributed by atoms with Gasteiger partial charge in [0.1, 0.15) is 11.6 Å². The number of hydrogen-bond acceptors (Lipinski definition) is 5. The lowest BCUT2D eigenvalue weighted by atomic mass is 10.1. The lowest BCUT2D eigenvalue weighted by molar-refractivity contribution is 0.120. The van der Waals surface area contributed by atoms with Gasteiger partial charge < -0.3 is 4.42 Å². The van der Waals surface area contributed by atoms with Gasteiger partial charge in [-0.3, -0.25) is 14.3 Å². The number of alkyl halides is 2. The molecule has 6 nitrogen and oxygen atoms in total. The standard InChI is InChI=1S/C21H24F2N4O2/c1-13(2)19-16(24-12-29-19)10-26-9-5-8-17(26)20-25-15-7-4-3-6-14(15)21(28)27(20)11-18(22)23/h3-4,6-7,12-13,17-18H,5,8-11H2,1-2H3. The summed E-state index contributed by atoms with van der Waals surface area (Å²) in [5.74, 6) is 1.43. The fourth-order valence-corrected chi connectivity index (χ4v) is 4.12. The first-order chi connectivity index (χ1) is 14.0. The van der Waals surface area contributed by atoms with E-state index in [4.69, 9.17) is 4.42 Å².